The van der Waals surface area contributed by atoms with Gasteiger partial charge in [0.05, 0.1) is 16.8 Å². The number of nitrogens with zero attached hydrogens (tertiary/aromatic N) is 2. The molecule has 0 aliphatic rings. The third-order valence-corrected chi connectivity index (χ3v) is 3.50. The second kappa shape index (κ2) is 5.39. The van der Waals surface area contributed by atoms with Gasteiger partial charge < -0.3 is 9.88 Å². The Kier molecular flexibility index (Phi) is 3.84. The van der Waals surface area contributed by atoms with Crippen molar-refractivity contribution in [1.29, 1.82) is 0 Å². The SMILES string of the molecule is Cn1cc([N+](=O)[O-])cc1C(=O)Nc1ccccc1I. The fourth-order valence-corrected chi connectivity index (χ4v) is 2.14. The van der Waals surface area contributed by atoms with E-state index >= 15 is 0 Å². The van der Waals surface area contributed by atoms with Gasteiger partial charge in [-0.2, -0.15) is 0 Å². The molecule has 0 bridgehead atoms. The fraction of sp³-hybridized carbons (Fsp3) is 0.0833. The average Bonchev–Trinajstić information content (AvgIpc) is 2.74. The lowest BCUT2D eigenvalue weighted by atomic mass is 10.3. The largest absolute Gasteiger partial charge is 0.340 e. The van der Waals surface area contributed by atoms with Gasteiger partial charge in [-0.1, -0.05) is 12.1 Å². The molecule has 0 spiro atoms. The van der Waals surface area contributed by atoms with Crippen LogP contribution in [0, 0.1) is 13.7 Å². The third kappa shape index (κ3) is 2.92. The van der Waals surface area contributed by atoms with Crippen molar-refractivity contribution in [3.63, 3.8) is 0 Å². The Balaban J connectivity index is 2.26. The summed E-state index contributed by atoms with van der Waals surface area (Å²) in [5, 5.41) is 13.4. The van der Waals surface area contributed by atoms with Crippen LogP contribution >= 0.6 is 22.6 Å². The van der Waals surface area contributed by atoms with Crippen LogP contribution < -0.4 is 5.32 Å². The Hall–Kier alpha value is -1.90. The van der Waals surface area contributed by atoms with E-state index in [1.165, 1.54) is 16.8 Å². The molecule has 0 saturated carbocycles. The molecule has 0 saturated heterocycles. The Morgan fingerprint density at radius 2 is 2.11 bits per heavy atom. The number of aryl methyl sites for hydroxylation is 1. The maximum atomic E-state index is 12.1. The van der Waals surface area contributed by atoms with E-state index in [9.17, 15) is 14.9 Å². The minimum atomic E-state index is -0.525. The van der Waals surface area contributed by atoms with Crippen LogP contribution in [0.2, 0.25) is 0 Å². The minimum Gasteiger partial charge on any atom is -0.340 e. The Labute approximate surface area is 122 Å². The van der Waals surface area contributed by atoms with Gasteiger partial charge in [0.2, 0.25) is 0 Å². The molecule has 0 unspecified atom stereocenters. The summed E-state index contributed by atoms with van der Waals surface area (Å²) in [5.41, 5.74) is 0.818. The molecular weight excluding hydrogens is 361 g/mol. The zero-order valence-electron chi connectivity index (χ0n) is 9.96. The van der Waals surface area contributed by atoms with E-state index in [2.05, 4.69) is 27.9 Å². The summed E-state index contributed by atoms with van der Waals surface area (Å²) in [6.45, 7) is 0. The molecule has 1 heterocycles. The monoisotopic (exact) mass is 371 g/mol. The predicted molar refractivity (Wildman–Crippen MR) is 79.2 cm³/mol. The molecule has 0 aliphatic heterocycles. The first-order valence-electron chi connectivity index (χ1n) is 5.35. The van der Waals surface area contributed by atoms with Gasteiger partial charge in [0, 0.05) is 16.7 Å². The van der Waals surface area contributed by atoms with Gasteiger partial charge in [-0.25, -0.2) is 0 Å². The molecule has 1 aromatic heterocycles. The quantitative estimate of drug-likeness (QED) is 0.512. The van der Waals surface area contributed by atoms with Gasteiger partial charge in [0.15, 0.2) is 0 Å². The average molecular weight is 371 g/mol. The molecule has 1 amide bonds. The normalized spacial score (nSPS) is 10.2. The highest BCUT2D eigenvalue weighted by Gasteiger charge is 2.18. The zero-order valence-corrected chi connectivity index (χ0v) is 12.1. The maximum Gasteiger partial charge on any atom is 0.287 e. The van der Waals surface area contributed by atoms with Crippen LogP contribution in [0.1, 0.15) is 10.5 Å². The van der Waals surface area contributed by atoms with E-state index in [-0.39, 0.29) is 17.3 Å². The summed E-state index contributed by atoms with van der Waals surface area (Å²) < 4.78 is 2.33. The lowest BCUT2D eigenvalue weighted by Crippen LogP contribution is -2.15. The van der Waals surface area contributed by atoms with E-state index in [1.807, 2.05) is 18.2 Å². The van der Waals surface area contributed by atoms with Crippen molar-refractivity contribution in [2.24, 2.45) is 7.05 Å². The zero-order chi connectivity index (χ0) is 14.0. The Morgan fingerprint density at radius 3 is 2.68 bits per heavy atom. The van der Waals surface area contributed by atoms with Gasteiger partial charge >= 0.3 is 0 Å². The summed E-state index contributed by atoms with van der Waals surface area (Å²) in [5.74, 6) is -0.375. The molecule has 2 rings (SSSR count). The number of carbonyl (C=O) groups excluding carboxylic acids is 1. The number of nitrogens with one attached hydrogen (secondary N) is 1. The molecule has 0 fully saturated rings. The number of amides is 1. The summed E-state index contributed by atoms with van der Waals surface area (Å²) in [6.07, 6.45) is 1.31. The molecule has 0 radical (unpaired) electrons. The second-order valence-electron chi connectivity index (χ2n) is 3.89. The van der Waals surface area contributed by atoms with Crippen molar-refractivity contribution < 1.29 is 9.72 Å². The number of nitro groups is 1. The summed E-state index contributed by atoms with van der Waals surface area (Å²) in [6, 6.07) is 8.57. The highest BCUT2D eigenvalue weighted by Crippen LogP contribution is 2.20. The summed E-state index contributed by atoms with van der Waals surface area (Å²) >= 11 is 2.11. The van der Waals surface area contributed by atoms with Crippen LogP contribution in [0.15, 0.2) is 36.5 Å². The standard InChI is InChI=1S/C12H10IN3O3/c1-15-7-8(16(18)19)6-11(15)12(17)14-10-5-3-2-4-9(10)13/h2-7H,1H3,(H,14,17). The molecule has 1 aromatic carbocycles. The van der Waals surface area contributed by atoms with Crippen LogP contribution in [-0.2, 0) is 7.05 Å². The van der Waals surface area contributed by atoms with Gasteiger partial charge in [0.25, 0.3) is 11.6 Å². The number of halogens is 1. The van der Waals surface area contributed by atoms with Crippen LogP contribution in [0.4, 0.5) is 11.4 Å². The number of anilines is 1. The lowest BCUT2D eigenvalue weighted by Gasteiger charge is -2.07. The molecule has 1 N–H and O–H groups in total. The minimum absolute atomic E-state index is 0.101. The van der Waals surface area contributed by atoms with Crippen molar-refractivity contribution in [3.8, 4) is 0 Å². The lowest BCUT2D eigenvalue weighted by molar-refractivity contribution is -0.384. The van der Waals surface area contributed by atoms with Gasteiger partial charge in [-0.15, -0.1) is 0 Å². The number of para-hydroxylation sites is 1. The predicted octanol–water partition coefficient (Wildman–Crippen LogP) is 2.79. The summed E-state index contributed by atoms with van der Waals surface area (Å²) in [7, 11) is 1.60. The highest BCUT2D eigenvalue weighted by atomic mass is 127. The van der Waals surface area contributed by atoms with E-state index in [0.717, 1.165) is 3.57 Å². The number of rotatable bonds is 3. The molecule has 0 atom stereocenters. The van der Waals surface area contributed by atoms with Crippen molar-refractivity contribution in [3.05, 3.63) is 55.9 Å². The first-order chi connectivity index (χ1) is 8.99. The van der Waals surface area contributed by atoms with E-state index in [1.54, 1.807) is 13.1 Å². The van der Waals surface area contributed by atoms with E-state index < -0.39 is 4.92 Å². The smallest absolute Gasteiger partial charge is 0.287 e. The topological polar surface area (TPSA) is 77.2 Å². The van der Waals surface area contributed by atoms with Crippen molar-refractivity contribution in [2.45, 2.75) is 0 Å². The van der Waals surface area contributed by atoms with Gasteiger partial charge in [-0.3, -0.25) is 14.9 Å². The first-order valence-corrected chi connectivity index (χ1v) is 6.43. The number of hydrogen-bond acceptors (Lipinski definition) is 3. The fourth-order valence-electron chi connectivity index (χ4n) is 1.62. The number of hydrogen-bond donors (Lipinski definition) is 1. The van der Waals surface area contributed by atoms with Crippen molar-refractivity contribution in [2.75, 3.05) is 5.32 Å². The van der Waals surface area contributed by atoms with Crippen LogP contribution in [0.5, 0.6) is 0 Å². The summed E-state index contributed by atoms with van der Waals surface area (Å²) in [4.78, 5) is 22.2. The van der Waals surface area contributed by atoms with Crippen molar-refractivity contribution in [1.82, 2.24) is 4.57 Å². The maximum absolute atomic E-state index is 12.1. The number of aromatic nitrogens is 1. The molecule has 0 aliphatic carbocycles. The molecular formula is C12H10IN3O3. The van der Waals surface area contributed by atoms with Gasteiger partial charge in [0.1, 0.15) is 5.69 Å². The first kappa shape index (κ1) is 13.5. The molecule has 2 aromatic rings. The van der Waals surface area contributed by atoms with Crippen LogP contribution in [-0.4, -0.2) is 15.4 Å². The van der Waals surface area contributed by atoms with E-state index in [0.29, 0.717) is 5.69 Å². The number of benzene rings is 1. The van der Waals surface area contributed by atoms with Crippen LogP contribution in [0.3, 0.4) is 0 Å². The third-order valence-electron chi connectivity index (χ3n) is 2.56. The van der Waals surface area contributed by atoms with Crippen LogP contribution in [0.25, 0.3) is 0 Å². The second-order valence-corrected chi connectivity index (χ2v) is 5.05. The Morgan fingerprint density at radius 1 is 1.42 bits per heavy atom. The number of carbonyl (C=O) groups is 1. The van der Waals surface area contributed by atoms with E-state index in [4.69, 9.17) is 0 Å². The highest BCUT2D eigenvalue weighted by molar-refractivity contribution is 14.1. The molecule has 7 heteroatoms. The molecule has 98 valence electrons. The Bertz CT molecular complexity index is 651. The van der Waals surface area contributed by atoms with Crippen molar-refractivity contribution >= 4 is 39.9 Å². The van der Waals surface area contributed by atoms with Gasteiger partial charge in [-0.05, 0) is 34.7 Å². The molecule has 19 heavy (non-hydrogen) atoms. The molecule has 6 nitrogen and oxygen atoms in total.